The lowest BCUT2D eigenvalue weighted by Crippen LogP contribution is -2.01. The van der Waals surface area contributed by atoms with Crippen LogP contribution in [0.5, 0.6) is 11.5 Å². The van der Waals surface area contributed by atoms with Gasteiger partial charge < -0.3 is 15.2 Å². The number of ether oxygens (including phenoxy) is 2. The van der Waals surface area contributed by atoms with Gasteiger partial charge in [-0.05, 0) is 49.9 Å². The normalized spacial score (nSPS) is 10.4. The van der Waals surface area contributed by atoms with Gasteiger partial charge in [0.25, 0.3) is 0 Å². The Morgan fingerprint density at radius 2 is 1.94 bits per heavy atom. The highest BCUT2D eigenvalue weighted by Crippen LogP contribution is 2.39. The second-order valence-corrected chi connectivity index (χ2v) is 4.33. The molecule has 0 unspecified atom stereocenters. The van der Waals surface area contributed by atoms with Crippen molar-refractivity contribution in [3.8, 4) is 11.5 Å². The highest BCUT2D eigenvalue weighted by molar-refractivity contribution is 6.33. The summed E-state index contributed by atoms with van der Waals surface area (Å²) in [6.45, 7) is 2.72. The first-order valence-corrected chi connectivity index (χ1v) is 6.13. The van der Waals surface area contributed by atoms with Gasteiger partial charge in [-0.25, -0.2) is 0 Å². The van der Waals surface area contributed by atoms with E-state index in [0.717, 1.165) is 31.4 Å². The Bertz CT molecular complexity index is 380. The van der Waals surface area contributed by atoms with Gasteiger partial charge in [-0.3, -0.25) is 0 Å². The Morgan fingerprint density at radius 3 is 2.47 bits per heavy atom. The predicted molar refractivity (Wildman–Crippen MR) is 71.3 cm³/mol. The third kappa shape index (κ3) is 3.27. The van der Waals surface area contributed by atoms with Gasteiger partial charge >= 0.3 is 0 Å². The van der Waals surface area contributed by atoms with E-state index in [1.165, 1.54) is 5.56 Å². The zero-order valence-corrected chi connectivity index (χ0v) is 11.4. The minimum Gasteiger partial charge on any atom is -0.493 e. The molecule has 0 heterocycles. The van der Waals surface area contributed by atoms with Crippen LogP contribution in [0.15, 0.2) is 6.07 Å². The number of hydrogen-bond donors (Lipinski definition) is 1. The van der Waals surface area contributed by atoms with Crippen molar-refractivity contribution in [1.82, 2.24) is 0 Å². The molecule has 0 aromatic heterocycles. The lowest BCUT2D eigenvalue weighted by atomic mass is 10.0. The van der Waals surface area contributed by atoms with E-state index >= 15 is 0 Å². The number of methoxy groups -OCH3 is 2. The molecule has 0 spiro atoms. The second kappa shape index (κ2) is 6.72. The molecule has 2 N–H and O–H groups in total. The van der Waals surface area contributed by atoms with E-state index in [1.54, 1.807) is 14.2 Å². The monoisotopic (exact) mass is 257 g/mol. The van der Waals surface area contributed by atoms with Crippen molar-refractivity contribution in [2.75, 3.05) is 20.8 Å². The summed E-state index contributed by atoms with van der Waals surface area (Å²) < 4.78 is 10.5. The summed E-state index contributed by atoms with van der Waals surface area (Å²) in [7, 11) is 3.21. The van der Waals surface area contributed by atoms with Gasteiger partial charge in [0.1, 0.15) is 0 Å². The van der Waals surface area contributed by atoms with E-state index in [0.29, 0.717) is 16.5 Å². The van der Waals surface area contributed by atoms with E-state index in [2.05, 4.69) is 0 Å². The number of halogens is 1. The average molecular weight is 258 g/mol. The molecular formula is C13H20ClNO2. The molecule has 0 fully saturated rings. The minimum atomic E-state index is 0.606. The number of nitrogens with two attached hydrogens (primary N) is 1. The molecular weight excluding hydrogens is 238 g/mol. The van der Waals surface area contributed by atoms with Crippen LogP contribution < -0.4 is 15.2 Å². The van der Waals surface area contributed by atoms with E-state index in [1.807, 2.05) is 13.0 Å². The Balaban J connectivity index is 3.02. The van der Waals surface area contributed by atoms with Gasteiger partial charge in [-0.1, -0.05) is 11.6 Å². The molecule has 1 aromatic rings. The summed E-state index contributed by atoms with van der Waals surface area (Å²) >= 11 is 6.27. The maximum absolute atomic E-state index is 6.27. The maximum atomic E-state index is 6.27. The summed E-state index contributed by atoms with van der Waals surface area (Å²) in [5.74, 6) is 1.29. The van der Waals surface area contributed by atoms with Crippen LogP contribution in [-0.2, 0) is 6.42 Å². The lowest BCUT2D eigenvalue weighted by molar-refractivity contribution is 0.354. The molecule has 0 aliphatic carbocycles. The van der Waals surface area contributed by atoms with Gasteiger partial charge in [0, 0.05) is 0 Å². The van der Waals surface area contributed by atoms with Crippen LogP contribution in [0.25, 0.3) is 0 Å². The standard InChI is InChI=1S/C13H20ClNO2/c1-9-10(6-4-5-7-15)8-11(16-2)13(17-3)12(9)14/h8H,4-7,15H2,1-3H3. The van der Waals surface area contributed by atoms with Crippen LogP contribution in [-0.4, -0.2) is 20.8 Å². The summed E-state index contributed by atoms with van der Waals surface area (Å²) in [4.78, 5) is 0. The third-order valence-electron chi connectivity index (χ3n) is 2.86. The van der Waals surface area contributed by atoms with Crippen LogP contribution >= 0.6 is 11.6 Å². The van der Waals surface area contributed by atoms with E-state index < -0.39 is 0 Å². The van der Waals surface area contributed by atoms with Gasteiger partial charge in [0.05, 0.1) is 19.2 Å². The Kier molecular flexibility index (Phi) is 5.59. The Labute approximate surface area is 108 Å². The fourth-order valence-corrected chi connectivity index (χ4v) is 2.10. The summed E-state index contributed by atoms with van der Waals surface area (Å²) in [5.41, 5.74) is 7.74. The number of rotatable bonds is 6. The molecule has 1 aromatic carbocycles. The number of unbranched alkanes of at least 4 members (excludes halogenated alkanes) is 1. The largest absolute Gasteiger partial charge is 0.493 e. The van der Waals surface area contributed by atoms with Gasteiger partial charge in [-0.15, -0.1) is 0 Å². The van der Waals surface area contributed by atoms with Crippen LogP contribution in [0.1, 0.15) is 24.0 Å². The molecule has 0 saturated heterocycles. The van der Waals surface area contributed by atoms with Crippen molar-refractivity contribution in [3.63, 3.8) is 0 Å². The quantitative estimate of drug-likeness (QED) is 0.797. The molecule has 1 rings (SSSR count). The molecule has 0 amide bonds. The van der Waals surface area contributed by atoms with E-state index in [4.69, 9.17) is 26.8 Å². The van der Waals surface area contributed by atoms with Crippen molar-refractivity contribution in [1.29, 1.82) is 0 Å². The zero-order valence-electron chi connectivity index (χ0n) is 10.7. The molecule has 0 atom stereocenters. The SMILES string of the molecule is COc1cc(CCCCN)c(C)c(Cl)c1OC. The van der Waals surface area contributed by atoms with Gasteiger partial charge in [-0.2, -0.15) is 0 Å². The second-order valence-electron chi connectivity index (χ2n) is 3.96. The highest BCUT2D eigenvalue weighted by atomic mass is 35.5. The molecule has 96 valence electrons. The van der Waals surface area contributed by atoms with E-state index in [-0.39, 0.29) is 0 Å². The topological polar surface area (TPSA) is 44.5 Å². The first-order chi connectivity index (χ1) is 8.15. The van der Waals surface area contributed by atoms with Crippen molar-refractivity contribution >= 4 is 11.6 Å². The summed E-state index contributed by atoms with van der Waals surface area (Å²) in [6, 6.07) is 2.00. The van der Waals surface area contributed by atoms with Crippen molar-refractivity contribution in [2.24, 2.45) is 5.73 Å². The predicted octanol–water partition coefficient (Wildman–Crippen LogP) is 2.95. The summed E-state index contributed by atoms with van der Waals surface area (Å²) in [5, 5.41) is 0.634. The van der Waals surface area contributed by atoms with Crippen LogP contribution in [0.3, 0.4) is 0 Å². The smallest absolute Gasteiger partial charge is 0.179 e. The van der Waals surface area contributed by atoms with Gasteiger partial charge in [0.15, 0.2) is 11.5 Å². The number of hydrogen-bond acceptors (Lipinski definition) is 3. The number of benzene rings is 1. The molecule has 0 radical (unpaired) electrons. The highest BCUT2D eigenvalue weighted by Gasteiger charge is 2.14. The summed E-state index contributed by atoms with van der Waals surface area (Å²) in [6.07, 6.45) is 3.04. The zero-order chi connectivity index (χ0) is 12.8. The van der Waals surface area contributed by atoms with Crippen molar-refractivity contribution in [3.05, 3.63) is 22.2 Å². The first-order valence-electron chi connectivity index (χ1n) is 5.75. The molecule has 3 nitrogen and oxygen atoms in total. The number of aryl methyl sites for hydroxylation is 1. The first kappa shape index (κ1) is 14.1. The van der Waals surface area contributed by atoms with Gasteiger partial charge in [0.2, 0.25) is 0 Å². The molecule has 0 aliphatic heterocycles. The molecule has 0 saturated carbocycles. The Hall–Kier alpha value is -0.930. The average Bonchev–Trinajstić information content (AvgIpc) is 2.34. The van der Waals surface area contributed by atoms with Crippen LogP contribution in [0.2, 0.25) is 5.02 Å². The Morgan fingerprint density at radius 1 is 1.24 bits per heavy atom. The van der Waals surface area contributed by atoms with E-state index in [9.17, 15) is 0 Å². The molecule has 0 bridgehead atoms. The van der Waals surface area contributed by atoms with Crippen molar-refractivity contribution < 1.29 is 9.47 Å². The minimum absolute atomic E-state index is 0.606. The molecule has 0 aliphatic rings. The van der Waals surface area contributed by atoms with Crippen molar-refractivity contribution in [2.45, 2.75) is 26.2 Å². The fourth-order valence-electron chi connectivity index (χ4n) is 1.81. The molecule has 4 heteroatoms. The van der Waals surface area contributed by atoms with Crippen LogP contribution in [0.4, 0.5) is 0 Å². The third-order valence-corrected chi connectivity index (χ3v) is 3.32. The molecule has 17 heavy (non-hydrogen) atoms. The lowest BCUT2D eigenvalue weighted by Gasteiger charge is -2.15. The van der Waals surface area contributed by atoms with Crippen LogP contribution in [0, 0.1) is 6.92 Å². The maximum Gasteiger partial charge on any atom is 0.179 e. The fraction of sp³-hybridized carbons (Fsp3) is 0.538.